The van der Waals surface area contributed by atoms with Crippen molar-refractivity contribution in [1.82, 2.24) is 10.6 Å². The molecule has 1 saturated heterocycles. The molecule has 1 saturated carbocycles. The van der Waals surface area contributed by atoms with Crippen molar-refractivity contribution in [3.63, 3.8) is 0 Å². The number of ketones is 2. The fraction of sp³-hybridized carbons (Fsp3) is 0.692. The van der Waals surface area contributed by atoms with Gasteiger partial charge in [-0.05, 0) is 18.3 Å². The molecule has 0 radical (unpaired) electrons. The number of allylic oxidation sites excluding steroid dienone is 1. The van der Waals surface area contributed by atoms with Gasteiger partial charge in [-0.25, -0.2) is 0 Å². The molecule has 0 aromatic carbocycles. The maximum absolute atomic E-state index is 12.1. The minimum atomic E-state index is -0.00292. The Balaban J connectivity index is 2.20. The predicted molar refractivity (Wildman–Crippen MR) is 65.2 cm³/mol. The zero-order valence-corrected chi connectivity index (χ0v) is 10.5. The molecule has 2 aliphatic rings. The van der Waals surface area contributed by atoms with Gasteiger partial charge in [-0.3, -0.25) is 9.59 Å². The maximum atomic E-state index is 12.1. The molecule has 2 N–H and O–H groups in total. The molecule has 17 heavy (non-hydrogen) atoms. The minimum Gasteiger partial charge on any atom is -0.371 e. The van der Waals surface area contributed by atoms with E-state index in [1.807, 2.05) is 0 Å². The van der Waals surface area contributed by atoms with Crippen molar-refractivity contribution in [1.29, 1.82) is 0 Å². The average molecular weight is 236 g/mol. The maximum Gasteiger partial charge on any atom is 0.170 e. The van der Waals surface area contributed by atoms with Gasteiger partial charge in [-0.1, -0.05) is 13.8 Å². The molecule has 1 aliphatic carbocycles. The first-order valence-electron chi connectivity index (χ1n) is 6.38. The van der Waals surface area contributed by atoms with Gasteiger partial charge in [-0.15, -0.1) is 0 Å². The lowest BCUT2D eigenvalue weighted by Gasteiger charge is -2.28. The van der Waals surface area contributed by atoms with E-state index < -0.39 is 0 Å². The molecule has 94 valence electrons. The largest absolute Gasteiger partial charge is 0.371 e. The summed E-state index contributed by atoms with van der Waals surface area (Å²) in [4.78, 5) is 24.1. The highest BCUT2D eigenvalue weighted by Gasteiger charge is 2.34. The smallest absolute Gasteiger partial charge is 0.170 e. The number of carbonyl (C=O) groups excluding carboxylic acids is 2. The van der Waals surface area contributed by atoms with Crippen LogP contribution in [0.5, 0.6) is 0 Å². The standard InChI is InChI=1S/C13H20N2O2/c1-8(2)9-6-10(16)12(11(17)7-9)13-14-4-3-5-15-13/h8-9,14-15H,3-7H2,1-2H3. The highest BCUT2D eigenvalue weighted by Crippen LogP contribution is 2.29. The molecule has 4 nitrogen and oxygen atoms in total. The zero-order chi connectivity index (χ0) is 12.4. The van der Waals surface area contributed by atoms with Crippen LogP contribution in [0.3, 0.4) is 0 Å². The van der Waals surface area contributed by atoms with E-state index in [-0.39, 0.29) is 17.5 Å². The SMILES string of the molecule is CC(C)C1CC(=O)C(=C2NCCCN2)C(=O)C1. The summed E-state index contributed by atoms with van der Waals surface area (Å²) in [5.74, 6) is 1.26. The molecule has 0 amide bonds. The molecule has 2 rings (SSSR count). The summed E-state index contributed by atoms with van der Waals surface area (Å²) in [5, 5.41) is 6.24. The molecule has 0 aromatic rings. The van der Waals surface area contributed by atoms with Crippen molar-refractivity contribution >= 4 is 11.6 Å². The number of hydrogen-bond donors (Lipinski definition) is 2. The van der Waals surface area contributed by atoms with Crippen molar-refractivity contribution < 1.29 is 9.59 Å². The van der Waals surface area contributed by atoms with Crippen molar-refractivity contribution in [3.05, 3.63) is 11.4 Å². The molecule has 0 aromatic heterocycles. The van der Waals surface area contributed by atoms with Gasteiger partial charge >= 0.3 is 0 Å². The molecular formula is C13H20N2O2. The van der Waals surface area contributed by atoms with Crippen LogP contribution in [0.25, 0.3) is 0 Å². The van der Waals surface area contributed by atoms with Crippen molar-refractivity contribution in [3.8, 4) is 0 Å². The number of Topliss-reactive ketones (excluding diaryl/α,β-unsaturated/α-hetero) is 2. The van der Waals surface area contributed by atoms with Crippen LogP contribution in [0.1, 0.15) is 33.1 Å². The molecule has 2 fully saturated rings. The summed E-state index contributed by atoms with van der Waals surface area (Å²) in [6.07, 6.45) is 2.03. The van der Waals surface area contributed by atoms with Gasteiger partial charge in [0.15, 0.2) is 11.6 Å². The lowest BCUT2D eigenvalue weighted by atomic mass is 9.78. The summed E-state index contributed by atoms with van der Waals surface area (Å²) in [6.45, 7) is 5.81. The lowest BCUT2D eigenvalue weighted by Crippen LogP contribution is -2.41. The van der Waals surface area contributed by atoms with Crippen LogP contribution in [0.4, 0.5) is 0 Å². The van der Waals surface area contributed by atoms with E-state index in [4.69, 9.17) is 0 Å². The van der Waals surface area contributed by atoms with Gasteiger partial charge in [0.25, 0.3) is 0 Å². The number of carbonyl (C=O) groups is 2. The second-order valence-electron chi connectivity index (χ2n) is 5.22. The van der Waals surface area contributed by atoms with Crippen molar-refractivity contribution in [2.75, 3.05) is 13.1 Å². The Bertz CT molecular complexity index is 344. The molecular weight excluding hydrogens is 216 g/mol. The Morgan fingerprint density at radius 2 is 1.59 bits per heavy atom. The van der Waals surface area contributed by atoms with Gasteiger partial charge in [0.2, 0.25) is 0 Å². The summed E-state index contributed by atoms with van der Waals surface area (Å²) in [6, 6.07) is 0. The Labute approximate surface area is 102 Å². The van der Waals surface area contributed by atoms with E-state index in [0.717, 1.165) is 19.5 Å². The Morgan fingerprint density at radius 1 is 1.06 bits per heavy atom. The van der Waals surface area contributed by atoms with Gasteiger partial charge in [0, 0.05) is 25.9 Å². The number of nitrogens with one attached hydrogen (secondary N) is 2. The molecule has 0 unspecified atom stereocenters. The van der Waals surface area contributed by atoms with Crippen LogP contribution in [-0.4, -0.2) is 24.7 Å². The van der Waals surface area contributed by atoms with Crippen molar-refractivity contribution in [2.45, 2.75) is 33.1 Å². The number of rotatable bonds is 1. The van der Waals surface area contributed by atoms with E-state index in [9.17, 15) is 9.59 Å². The quantitative estimate of drug-likeness (QED) is 0.526. The third-order valence-corrected chi connectivity index (χ3v) is 3.60. The van der Waals surface area contributed by atoms with Gasteiger partial charge in [-0.2, -0.15) is 0 Å². The zero-order valence-electron chi connectivity index (χ0n) is 10.5. The Morgan fingerprint density at radius 3 is 2.06 bits per heavy atom. The first kappa shape index (κ1) is 12.1. The van der Waals surface area contributed by atoms with Gasteiger partial charge < -0.3 is 10.6 Å². The second-order valence-corrected chi connectivity index (χ2v) is 5.22. The Hall–Kier alpha value is -1.32. The third kappa shape index (κ3) is 2.51. The summed E-state index contributed by atoms with van der Waals surface area (Å²) in [5.41, 5.74) is 0.376. The summed E-state index contributed by atoms with van der Waals surface area (Å²) in [7, 11) is 0. The van der Waals surface area contributed by atoms with Crippen LogP contribution < -0.4 is 10.6 Å². The molecule has 0 spiro atoms. The van der Waals surface area contributed by atoms with Crippen LogP contribution in [0, 0.1) is 11.8 Å². The van der Waals surface area contributed by atoms with Crippen molar-refractivity contribution in [2.24, 2.45) is 11.8 Å². The monoisotopic (exact) mass is 236 g/mol. The highest BCUT2D eigenvalue weighted by molar-refractivity contribution is 6.22. The van der Waals surface area contributed by atoms with E-state index in [0.29, 0.717) is 30.2 Å². The Kier molecular flexibility index (Phi) is 3.50. The second kappa shape index (κ2) is 4.90. The summed E-state index contributed by atoms with van der Waals surface area (Å²) < 4.78 is 0. The topological polar surface area (TPSA) is 58.2 Å². The predicted octanol–water partition coefficient (Wildman–Crippen LogP) is 0.985. The number of hydrogen-bond acceptors (Lipinski definition) is 4. The van der Waals surface area contributed by atoms with Crippen LogP contribution >= 0.6 is 0 Å². The normalized spacial score (nSPS) is 25.9. The molecule has 1 heterocycles. The molecule has 0 atom stereocenters. The fourth-order valence-corrected chi connectivity index (χ4v) is 2.41. The fourth-order valence-electron chi connectivity index (χ4n) is 2.41. The van der Waals surface area contributed by atoms with E-state index in [1.165, 1.54) is 0 Å². The van der Waals surface area contributed by atoms with Crippen LogP contribution in [0.2, 0.25) is 0 Å². The molecule has 4 heteroatoms. The first-order chi connectivity index (χ1) is 8.09. The summed E-state index contributed by atoms with van der Waals surface area (Å²) >= 11 is 0. The minimum absolute atomic E-state index is 0.00292. The molecule has 1 aliphatic heterocycles. The van der Waals surface area contributed by atoms with Crippen LogP contribution in [0.15, 0.2) is 11.4 Å². The van der Waals surface area contributed by atoms with Crippen LogP contribution in [-0.2, 0) is 9.59 Å². The lowest BCUT2D eigenvalue weighted by molar-refractivity contribution is -0.126. The third-order valence-electron chi connectivity index (χ3n) is 3.60. The van der Waals surface area contributed by atoms with E-state index in [1.54, 1.807) is 0 Å². The van der Waals surface area contributed by atoms with E-state index >= 15 is 0 Å². The van der Waals surface area contributed by atoms with Gasteiger partial charge in [0.05, 0.1) is 0 Å². The first-order valence-corrected chi connectivity index (χ1v) is 6.38. The van der Waals surface area contributed by atoms with Gasteiger partial charge in [0.1, 0.15) is 11.4 Å². The average Bonchev–Trinajstić information content (AvgIpc) is 2.29. The highest BCUT2D eigenvalue weighted by atomic mass is 16.2. The van der Waals surface area contributed by atoms with E-state index in [2.05, 4.69) is 24.5 Å². The molecule has 0 bridgehead atoms.